The van der Waals surface area contributed by atoms with Crippen LogP contribution in [-0.4, -0.2) is 45.6 Å². The van der Waals surface area contributed by atoms with Crippen LogP contribution in [-0.2, 0) is 9.59 Å². The molecular weight excluding hydrogens is 336 g/mol. The summed E-state index contributed by atoms with van der Waals surface area (Å²) in [6, 6.07) is 0. The Bertz CT molecular complexity index is 540. The number of hydrogen-bond donors (Lipinski definition) is 4. The third-order valence-electron chi connectivity index (χ3n) is 8.19. The van der Waals surface area contributed by atoms with E-state index in [-0.39, 0.29) is 24.0 Å². The van der Waals surface area contributed by atoms with Crippen LogP contribution in [0.3, 0.4) is 0 Å². The van der Waals surface area contributed by atoms with Gasteiger partial charge in [0.05, 0.1) is 11.3 Å². The minimum Gasteiger partial charge on any atom is -0.481 e. The van der Waals surface area contributed by atoms with Gasteiger partial charge >= 0.3 is 11.9 Å². The molecule has 0 aliphatic heterocycles. The Morgan fingerprint density at radius 2 is 1.42 bits per heavy atom. The van der Waals surface area contributed by atoms with Gasteiger partial charge in [-0.1, -0.05) is 34.6 Å². The molecule has 0 aromatic heterocycles. The highest BCUT2D eigenvalue weighted by molar-refractivity contribution is 5.80. The number of aliphatic carboxylic acids is 2. The number of carboxylic acid groups (broad SMARTS) is 2. The maximum Gasteiger partial charge on any atom is 0.309 e. The van der Waals surface area contributed by atoms with E-state index in [9.17, 15) is 14.7 Å². The van der Waals surface area contributed by atoms with Crippen LogP contribution in [0.1, 0.15) is 67.2 Å². The maximum absolute atomic E-state index is 11.1. The summed E-state index contributed by atoms with van der Waals surface area (Å²) >= 11 is 0. The second-order valence-corrected chi connectivity index (χ2v) is 9.65. The number of rotatable bonds is 4. The lowest BCUT2D eigenvalue weighted by Gasteiger charge is -2.40. The summed E-state index contributed by atoms with van der Waals surface area (Å²) < 4.78 is 0. The molecule has 0 bridgehead atoms. The SMILES string of the molecule is CC1(C)[C@H](C(=O)O)CC[C@]1(C)C(=O)O.CC1(C)[C@H](CO)CC[C@]1(C)CO. The van der Waals surface area contributed by atoms with Crippen molar-refractivity contribution in [2.24, 2.45) is 33.5 Å². The summed E-state index contributed by atoms with van der Waals surface area (Å²) in [7, 11) is 0. The van der Waals surface area contributed by atoms with Gasteiger partial charge in [-0.3, -0.25) is 9.59 Å². The average molecular weight is 373 g/mol. The van der Waals surface area contributed by atoms with E-state index in [1.165, 1.54) is 0 Å². The highest BCUT2D eigenvalue weighted by atomic mass is 16.4. The van der Waals surface area contributed by atoms with Crippen molar-refractivity contribution in [2.45, 2.75) is 67.2 Å². The van der Waals surface area contributed by atoms with Crippen molar-refractivity contribution in [2.75, 3.05) is 13.2 Å². The molecule has 2 saturated carbocycles. The average Bonchev–Trinajstić information content (AvgIpc) is 2.92. The van der Waals surface area contributed by atoms with Crippen LogP contribution in [0.4, 0.5) is 0 Å². The van der Waals surface area contributed by atoms with E-state index in [4.69, 9.17) is 15.3 Å². The van der Waals surface area contributed by atoms with E-state index in [0.717, 1.165) is 12.8 Å². The Morgan fingerprint density at radius 1 is 0.885 bits per heavy atom. The van der Waals surface area contributed by atoms with Gasteiger partial charge in [-0.15, -0.1) is 0 Å². The normalized spacial score (nSPS) is 37.7. The lowest BCUT2D eigenvalue weighted by atomic mass is 9.66. The van der Waals surface area contributed by atoms with Crippen LogP contribution in [0.25, 0.3) is 0 Å². The molecule has 4 N–H and O–H groups in total. The van der Waals surface area contributed by atoms with Crippen molar-refractivity contribution in [3.8, 4) is 0 Å². The largest absolute Gasteiger partial charge is 0.481 e. The Kier molecular flexibility index (Phi) is 6.58. The monoisotopic (exact) mass is 372 g/mol. The zero-order valence-corrected chi connectivity index (χ0v) is 17.0. The number of carboxylic acids is 2. The lowest BCUT2D eigenvalue weighted by molar-refractivity contribution is -0.157. The van der Waals surface area contributed by atoms with Crippen molar-refractivity contribution in [1.82, 2.24) is 0 Å². The van der Waals surface area contributed by atoms with Gasteiger partial charge in [-0.25, -0.2) is 0 Å². The molecule has 2 fully saturated rings. The van der Waals surface area contributed by atoms with Gasteiger partial charge in [0, 0.05) is 13.2 Å². The van der Waals surface area contributed by atoms with Crippen molar-refractivity contribution in [3.63, 3.8) is 0 Å². The smallest absolute Gasteiger partial charge is 0.309 e. The molecule has 2 aliphatic rings. The van der Waals surface area contributed by atoms with E-state index in [0.29, 0.717) is 18.8 Å². The molecule has 0 heterocycles. The van der Waals surface area contributed by atoms with E-state index in [2.05, 4.69) is 20.8 Å². The van der Waals surface area contributed by atoms with Crippen LogP contribution in [0.2, 0.25) is 0 Å². The summed E-state index contributed by atoms with van der Waals surface area (Å²) in [5, 5.41) is 36.5. The van der Waals surface area contributed by atoms with Crippen molar-refractivity contribution >= 4 is 11.9 Å². The Hall–Kier alpha value is -1.14. The number of carbonyl (C=O) groups is 2. The molecule has 152 valence electrons. The second-order valence-electron chi connectivity index (χ2n) is 9.65. The summed E-state index contributed by atoms with van der Waals surface area (Å²) in [6.45, 7) is 12.0. The molecule has 0 saturated heterocycles. The van der Waals surface area contributed by atoms with Gasteiger partial charge in [0.1, 0.15) is 0 Å². The molecule has 2 aliphatic carbocycles. The molecule has 0 radical (unpaired) electrons. The molecule has 6 heteroatoms. The van der Waals surface area contributed by atoms with Gasteiger partial charge in [0.25, 0.3) is 0 Å². The molecule has 0 unspecified atom stereocenters. The van der Waals surface area contributed by atoms with Gasteiger partial charge in [-0.2, -0.15) is 0 Å². The topological polar surface area (TPSA) is 115 Å². The predicted octanol–water partition coefficient (Wildman–Crippen LogP) is 3.01. The molecular formula is C20H36O6. The molecule has 6 nitrogen and oxygen atoms in total. The second kappa shape index (κ2) is 7.47. The first kappa shape index (κ1) is 22.9. The van der Waals surface area contributed by atoms with Crippen molar-refractivity contribution < 1.29 is 30.0 Å². The number of aliphatic hydroxyl groups is 2. The molecule has 0 aromatic rings. The molecule has 2 rings (SSSR count). The molecule has 0 amide bonds. The Balaban J connectivity index is 0.000000263. The third kappa shape index (κ3) is 3.50. The Morgan fingerprint density at radius 3 is 1.65 bits per heavy atom. The van der Waals surface area contributed by atoms with Crippen LogP contribution < -0.4 is 0 Å². The number of hydrogen-bond acceptors (Lipinski definition) is 4. The highest BCUT2D eigenvalue weighted by Crippen LogP contribution is 2.56. The quantitative estimate of drug-likeness (QED) is 0.603. The fourth-order valence-electron chi connectivity index (χ4n) is 4.59. The maximum atomic E-state index is 11.1. The van der Waals surface area contributed by atoms with Gasteiger partial charge < -0.3 is 20.4 Å². The van der Waals surface area contributed by atoms with Crippen LogP contribution >= 0.6 is 0 Å². The van der Waals surface area contributed by atoms with Gasteiger partial charge in [-0.05, 0) is 54.8 Å². The van der Waals surface area contributed by atoms with E-state index >= 15 is 0 Å². The third-order valence-corrected chi connectivity index (χ3v) is 8.19. The predicted molar refractivity (Wildman–Crippen MR) is 98.7 cm³/mol. The molecule has 0 aromatic carbocycles. The zero-order valence-electron chi connectivity index (χ0n) is 17.0. The van der Waals surface area contributed by atoms with Crippen molar-refractivity contribution in [3.05, 3.63) is 0 Å². The first-order valence-corrected chi connectivity index (χ1v) is 9.39. The first-order chi connectivity index (χ1) is 11.7. The number of aliphatic hydroxyl groups excluding tert-OH is 2. The fourth-order valence-corrected chi connectivity index (χ4v) is 4.59. The van der Waals surface area contributed by atoms with Crippen LogP contribution in [0.5, 0.6) is 0 Å². The van der Waals surface area contributed by atoms with Crippen LogP contribution in [0.15, 0.2) is 0 Å². The standard InChI is InChI=1S/C10H16O4.C10H20O2/c1-9(2)6(7(11)12)4-5-10(9,3)8(13)14;1-9(2)8(6-11)4-5-10(9,3)7-12/h6H,4-5H2,1-3H3,(H,11,12)(H,13,14);8,11-12H,4-7H2,1-3H3/t6-,10+;8-,10+/m00/s1. The minimum absolute atomic E-state index is 0.000394. The molecule has 0 spiro atoms. The highest BCUT2D eigenvalue weighted by Gasteiger charge is 2.58. The Labute approximate surface area is 156 Å². The summed E-state index contributed by atoms with van der Waals surface area (Å²) in [4.78, 5) is 22.0. The molecule has 26 heavy (non-hydrogen) atoms. The summed E-state index contributed by atoms with van der Waals surface area (Å²) in [6.07, 6.45) is 2.96. The summed E-state index contributed by atoms with van der Waals surface area (Å²) in [5.41, 5.74) is -1.54. The van der Waals surface area contributed by atoms with Gasteiger partial charge in [0.15, 0.2) is 0 Å². The minimum atomic E-state index is -0.921. The molecule has 4 atom stereocenters. The van der Waals surface area contributed by atoms with E-state index in [1.807, 2.05) is 0 Å². The van der Waals surface area contributed by atoms with Crippen molar-refractivity contribution in [1.29, 1.82) is 0 Å². The summed E-state index contributed by atoms with van der Waals surface area (Å²) in [5.74, 6) is -1.98. The van der Waals surface area contributed by atoms with E-state index < -0.39 is 28.7 Å². The zero-order chi connectivity index (χ0) is 20.6. The van der Waals surface area contributed by atoms with Gasteiger partial charge in [0.2, 0.25) is 0 Å². The first-order valence-electron chi connectivity index (χ1n) is 9.39. The van der Waals surface area contributed by atoms with E-state index in [1.54, 1.807) is 20.8 Å². The van der Waals surface area contributed by atoms with Crippen LogP contribution in [0, 0.1) is 33.5 Å². The lowest BCUT2D eigenvalue weighted by Crippen LogP contribution is -2.42. The fraction of sp³-hybridized carbons (Fsp3) is 0.900.